The van der Waals surface area contributed by atoms with Crippen LogP contribution in [0.4, 0.5) is 0 Å². The fourth-order valence-corrected chi connectivity index (χ4v) is 1.26. The number of fused-ring (bicyclic) bond motifs is 1. The lowest BCUT2D eigenvalue weighted by atomic mass is 10.3. The highest BCUT2D eigenvalue weighted by Gasteiger charge is 2.27. The Balaban J connectivity index is 2.35. The summed E-state index contributed by atoms with van der Waals surface area (Å²) in [6.07, 6.45) is 2.21. The monoisotopic (exact) mass is 182 g/mol. The summed E-state index contributed by atoms with van der Waals surface area (Å²) in [5.41, 5.74) is 0. The molecule has 1 unspecified atom stereocenters. The Bertz CT molecular complexity index is 326. The van der Waals surface area contributed by atoms with Gasteiger partial charge in [0, 0.05) is 6.42 Å². The number of amidine groups is 2. The van der Waals surface area contributed by atoms with E-state index in [9.17, 15) is 0 Å². The van der Waals surface area contributed by atoms with Gasteiger partial charge in [0.05, 0.1) is 0 Å². The van der Waals surface area contributed by atoms with Gasteiger partial charge < -0.3 is 0 Å². The van der Waals surface area contributed by atoms with Gasteiger partial charge in [0.15, 0.2) is 11.9 Å². The first-order valence-electron chi connectivity index (χ1n) is 3.72. The van der Waals surface area contributed by atoms with Crippen LogP contribution in [-0.2, 0) is 0 Å². The number of hydrogen-bond acceptors (Lipinski definition) is 4. The molecule has 5 heteroatoms. The van der Waals surface area contributed by atoms with Crippen LogP contribution in [0.1, 0.15) is 13.3 Å². The average molecular weight is 183 g/mol. The second-order valence-corrected chi connectivity index (χ2v) is 2.86. The normalized spacial score (nSPS) is 26.2. The molecule has 0 saturated carbocycles. The Morgan fingerprint density at radius 1 is 1.58 bits per heavy atom. The van der Waals surface area contributed by atoms with Crippen molar-refractivity contribution in [3.05, 3.63) is 0 Å². The highest BCUT2D eigenvalue weighted by molar-refractivity contribution is 6.70. The predicted octanol–water partition coefficient (Wildman–Crippen LogP) is 1.25. The van der Waals surface area contributed by atoms with E-state index in [0.29, 0.717) is 11.0 Å². The van der Waals surface area contributed by atoms with Crippen molar-refractivity contribution >= 4 is 34.8 Å². The van der Waals surface area contributed by atoms with Crippen molar-refractivity contribution in [1.82, 2.24) is 0 Å². The molecule has 0 amide bonds. The van der Waals surface area contributed by atoms with Crippen molar-refractivity contribution in [1.29, 1.82) is 0 Å². The number of nitrogens with zero attached hydrogens (tertiary/aromatic N) is 4. The largest absolute Gasteiger partial charge is 0.251 e. The van der Waals surface area contributed by atoms with Crippen molar-refractivity contribution in [2.75, 3.05) is 0 Å². The Morgan fingerprint density at radius 2 is 2.42 bits per heavy atom. The van der Waals surface area contributed by atoms with Crippen LogP contribution in [0, 0.1) is 0 Å². The lowest BCUT2D eigenvalue weighted by Crippen LogP contribution is -2.23. The Kier molecular flexibility index (Phi) is 1.77. The van der Waals surface area contributed by atoms with Crippen molar-refractivity contribution < 1.29 is 0 Å². The zero-order valence-electron chi connectivity index (χ0n) is 6.53. The number of hydrogen-bond donors (Lipinski definition) is 0. The standard InChI is InChI=1S/C7H7ClN4/c1-2-4-11-5-6(8)9-3-10-7(5)12-4/h3,5H,2H2,1H3. The molecule has 2 heterocycles. The van der Waals surface area contributed by atoms with Gasteiger partial charge in [-0.1, -0.05) is 18.5 Å². The van der Waals surface area contributed by atoms with E-state index >= 15 is 0 Å². The second kappa shape index (κ2) is 2.79. The fourth-order valence-electron chi connectivity index (χ4n) is 1.07. The van der Waals surface area contributed by atoms with E-state index in [0.717, 1.165) is 12.3 Å². The van der Waals surface area contributed by atoms with Gasteiger partial charge in [-0.15, -0.1) is 0 Å². The molecule has 0 saturated heterocycles. The lowest BCUT2D eigenvalue weighted by molar-refractivity contribution is 1.13. The van der Waals surface area contributed by atoms with Crippen LogP contribution in [0.3, 0.4) is 0 Å². The molecular weight excluding hydrogens is 176 g/mol. The minimum absolute atomic E-state index is 0.230. The van der Waals surface area contributed by atoms with E-state index in [4.69, 9.17) is 11.6 Å². The Hall–Kier alpha value is -1.03. The van der Waals surface area contributed by atoms with Crippen LogP contribution in [0.2, 0.25) is 0 Å². The van der Waals surface area contributed by atoms with Crippen LogP contribution < -0.4 is 0 Å². The molecule has 4 nitrogen and oxygen atoms in total. The van der Waals surface area contributed by atoms with Crippen molar-refractivity contribution in [3.63, 3.8) is 0 Å². The molecule has 0 aromatic rings. The van der Waals surface area contributed by atoms with Gasteiger partial charge in [-0.25, -0.2) is 15.0 Å². The minimum atomic E-state index is -0.230. The summed E-state index contributed by atoms with van der Waals surface area (Å²) in [5.74, 6) is 1.45. The summed E-state index contributed by atoms with van der Waals surface area (Å²) in [4.78, 5) is 16.3. The van der Waals surface area contributed by atoms with Gasteiger partial charge in [0.25, 0.3) is 0 Å². The summed E-state index contributed by atoms with van der Waals surface area (Å²) >= 11 is 5.81. The number of aliphatic imine (C=N–C) groups is 4. The third kappa shape index (κ3) is 1.08. The smallest absolute Gasteiger partial charge is 0.164 e. The van der Waals surface area contributed by atoms with E-state index in [2.05, 4.69) is 20.0 Å². The maximum Gasteiger partial charge on any atom is 0.164 e. The molecule has 12 heavy (non-hydrogen) atoms. The van der Waals surface area contributed by atoms with Gasteiger partial charge in [0.1, 0.15) is 17.3 Å². The lowest BCUT2D eigenvalue weighted by Gasteiger charge is -2.06. The first kappa shape index (κ1) is 7.61. The molecule has 0 aromatic carbocycles. The second-order valence-electron chi connectivity index (χ2n) is 2.47. The number of halogens is 1. The first-order valence-corrected chi connectivity index (χ1v) is 4.10. The topological polar surface area (TPSA) is 49.4 Å². The van der Waals surface area contributed by atoms with E-state index in [-0.39, 0.29) is 6.04 Å². The van der Waals surface area contributed by atoms with Crippen molar-refractivity contribution in [2.45, 2.75) is 19.4 Å². The molecule has 0 fully saturated rings. The zero-order valence-corrected chi connectivity index (χ0v) is 7.28. The van der Waals surface area contributed by atoms with Crippen LogP contribution in [0.25, 0.3) is 0 Å². The third-order valence-corrected chi connectivity index (χ3v) is 1.98. The number of rotatable bonds is 1. The zero-order chi connectivity index (χ0) is 8.55. The summed E-state index contributed by atoms with van der Waals surface area (Å²) in [6.45, 7) is 2.00. The molecule has 1 atom stereocenters. The van der Waals surface area contributed by atoms with Crippen LogP contribution in [-0.4, -0.2) is 29.2 Å². The van der Waals surface area contributed by atoms with Gasteiger partial charge in [0.2, 0.25) is 0 Å². The molecule has 62 valence electrons. The van der Waals surface area contributed by atoms with E-state index in [1.807, 2.05) is 6.92 Å². The highest BCUT2D eigenvalue weighted by atomic mass is 35.5. The minimum Gasteiger partial charge on any atom is -0.251 e. The molecule has 0 spiro atoms. The molecule has 2 aliphatic heterocycles. The summed E-state index contributed by atoms with van der Waals surface area (Å²) in [5, 5.41) is 0.451. The summed E-state index contributed by atoms with van der Waals surface area (Å²) in [7, 11) is 0. The average Bonchev–Trinajstić information content (AvgIpc) is 2.49. The van der Waals surface area contributed by atoms with Crippen LogP contribution in [0.5, 0.6) is 0 Å². The first-order chi connectivity index (χ1) is 5.81. The molecule has 0 bridgehead atoms. The van der Waals surface area contributed by atoms with Gasteiger partial charge >= 0.3 is 0 Å². The molecular formula is C7H7ClN4. The van der Waals surface area contributed by atoms with E-state index in [1.54, 1.807) is 0 Å². The van der Waals surface area contributed by atoms with E-state index < -0.39 is 0 Å². The fraction of sp³-hybridized carbons (Fsp3) is 0.429. The van der Waals surface area contributed by atoms with E-state index in [1.165, 1.54) is 6.34 Å². The molecule has 2 rings (SSSR count). The van der Waals surface area contributed by atoms with Gasteiger partial charge in [-0.3, -0.25) is 4.99 Å². The predicted molar refractivity (Wildman–Crippen MR) is 50.7 cm³/mol. The molecule has 0 radical (unpaired) electrons. The van der Waals surface area contributed by atoms with Crippen molar-refractivity contribution in [2.24, 2.45) is 20.0 Å². The highest BCUT2D eigenvalue weighted by Crippen LogP contribution is 2.15. The maximum absolute atomic E-state index is 5.81. The van der Waals surface area contributed by atoms with Crippen molar-refractivity contribution in [3.8, 4) is 0 Å². The maximum atomic E-state index is 5.81. The van der Waals surface area contributed by atoms with Crippen LogP contribution in [0.15, 0.2) is 20.0 Å². The van der Waals surface area contributed by atoms with Gasteiger partial charge in [-0.2, -0.15) is 0 Å². The Labute approximate surface area is 74.8 Å². The SMILES string of the molecule is CCC1=NC2C(Cl)=NC=NC2=N1. The summed E-state index contributed by atoms with van der Waals surface area (Å²) in [6, 6.07) is -0.230. The third-order valence-electron chi connectivity index (χ3n) is 1.68. The van der Waals surface area contributed by atoms with Crippen LogP contribution >= 0.6 is 11.6 Å². The molecule has 2 aliphatic rings. The molecule has 0 aromatic heterocycles. The van der Waals surface area contributed by atoms with Gasteiger partial charge in [-0.05, 0) is 0 Å². The quantitative estimate of drug-likeness (QED) is 0.586. The Morgan fingerprint density at radius 3 is 3.08 bits per heavy atom. The summed E-state index contributed by atoms with van der Waals surface area (Å²) < 4.78 is 0. The molecule has 0 N–H and O–H groups in total. The molecule has 0 aliphatic carbocycles.